The highest BCUT2D eigenvalue weighted by molar-refractivity contribution is 5.96. The lowest BCUT2D eigenvalue weighted by Crippen LogP contribution is -2.41. The number of ether oxygens (including phenoxy) is 1. The molecular weight excluding hydrogens is 270 g/mol. The maximum atomic E-state index is 12.1. The van der Waals surface area contributed by atoms with Crippen LogP contribution in [0.2, 0.25) is 0 Å². The fourth-order valence-corrected chi connectivity index (χ4v) is 2.35. The zero-order valence-electron chi connectivity index (χ0n) is 12.3. The van der Waals surface area contributed by atoms with Gasteiger partial charge < -0.3 is 15.2 Å². The molecule has 2 atom stereocenters. The van der Waals surface area contributed by atoms with Gasteiger partial charge in [-0.2, -0.15) is 0 Å². The van der Waals surface area contributed by atoms with E-state index in [-0.39, 0.29) is 12.0 Å². The van der Waals surface area contributed by atoms with E-state index in [0.29, 0.717) is 25.1 Å². The fraction of sp³-hybridized carbons (Fsp3) is 0.500. The predicted octanol–water partition coefficient (Wildman–Crippen LogP) is 2.66. The van der Waals surface area contributed by atoms with E-state index in [1.807, 2.05) is 32.0 Å². The lowest BCUT2D eigenvalue weighted by atomic mass is 9.73. The third-order valence-electron chi connectivity index (χ3n) is 3.71. The Morgan fingerprint density at radius 1 is 1.33 bits per heavy atom. The number of carboxylic acid groups (broad SMARTS) is 1. The number of hydrogen-bond acceptors (Lipinski definition) is 3. The molecule has 0 saturated heterocycles. The van der Waals surface area contributed by atoms with Crippen LogP contribution in [0.1, 0.15) is 32.3 Å². The van der Waals surface area contributed by atoms with Crippen molar-refractivity contribution in [3.63, 3.8) is 0 Å². The lowest BCUT2D eigenvalue weighted by molar-refractivity contribution is -0.151. The average Bonchev–Trinajstić information content (AvgIpc) is 2.34. The van der Waals surface area contributed by atoms with Crippen LogP contribution in [0.5, 0.6) is 0 Å². The first-order valence-corrected chi connectivity index (χ1v) is 7.21. The van der Waals surface area contributed by atoms with Crippen LogP contribution in [0, 0.1) is 11.8 Å². The molecule has 1 aliphatic rings. The quantitative estimate of drug-likeness (QED) is 0.845. The van der Waals surface area contributed by atoms with Crippen molar-refractivity contribution in [1.29, 1.82) is 0 Å². The summed E-state index contributed by atoms with van der Waals surface area (Å²) < 4.78 is 5.53. The molecule has 0 radical (unpaired) electrons. The summed E-state index contributed by atoms with van der Waals surface area (Å²) >= 11 is 0. The van der Waals surface area contributed by atoms with Crippen LogP contribution < -0.4 is 5.32 Å². The number of hydrogen-bond donors (Lipinski definition) is 2. The number of anilines is 1. The summed E-state index contributed by atoms with van der Waals surface area (Å²) in [6.45, 7) is 4.42. The first kappa shape index (κ1) is 15.5. The first-order valence-electron chi connectivity index (χ1n) is 7.21. The smallest absolute Gasteiger partial charge is 0.307 e. The molecule has 1 aliphatic carbocycles. The van der Waals surface area contributed by atoms with E-state index in [9.17, 15) is 9.59 Å². The van der Waals surface area contributed by atoms with Crippen LogP contribution in [0.3, 0.4) is 0 Å². The number of carbonyl (C=O) groups excluding carboxylic acids is 1. The molecule has 0 aliphatic heterocycles. The van der Waals surface area contributed by atoms with Gasteiger partial charge in [0.15, 0.2) is 0 Å². The van der Waals surface area contributed by atoms with Crippen molar-refractivity contribution in [2.24, 2.45) is 11.8 Å². The second-order valence-corrected chi connectivity index (χ2v) is 5.68. The Morgan fingerprint density at radius 2 is 2.05 bits per heavy atom. The number of nitrogens with one attached hydrogen (secondary N) is 1. The lowest BCUT2D eigenvalue weighted by Gasteiger charge is -2.31. The highest BCUT2D eigenvalue weighted by Gasteiger charge is 2.41. The zero-order chi connectivity index (χ0) is 15.4. The summed E-state index contributed by atoms with van der Waals surface area (Å²) in [6.07, 6.45) is 1.36. The van der Waals surface area contributed by atoms with Crippen LogP contribution >= 0.6 is 0 Å². The van der Waals surface area contributed by atoms with Crippen molar-refractivity contribution >= 4 is 17.6 Å². The maximum absolute atomic E-state index is 12.1. The van der Waals surface area contributed by atoms with Gasteiger partial charge in [-0.05, 0) is 44.4 Å². The van der Waals surface area contributed by atoms with Gasteiger partial charge in [0.25, 0.3) is 0 Å². The van der Waals surface area contributed by atoms with Gasteiger partial charge in [0.2, 0.25) is 5.91 Å². The van der Waals surface area contributed by atoms with Crippen LogP contribution in [0.25, 0.3) is 0 Å². The van der Waals surface area contributed by atoms with Gasteiger partial charge in [0, 0.05) is 5.69 Å². The Balaban J connectivity index is 1.95. The van der Waals surface area contributed by atoms with Crippen LogP contribution in [0.15, 0.2) is 24.3 Å². The summed E-state index contributed by atoms with van der Waals surface area (Å²) in [5.41, 5.74) is 1.66. The molecule has 1 aromatic rings. The van der Waals surface area contributed by atoms with Crippen LogP contribution in [-0.4, -0.2) is 23.1 Å². The molecule has 1 fully saturated rings. The van der Waals surface area contributed by atoms with Crippen LogP contribution in [-0.2, 0) is 20.9 Å². The molecule has 2 rings (SSSR count). The molecule has 0 spiro atoms. The minimum Gasteiger partial charge on any atom is -0.481 e. The summed E-state index contributed by atoms with van der Waals surface area (Å²) in [4.78, 5) is 23.0. The fourth-order valence-electron chi connectivity index (χ4n) is 2.35. The number of aliphatic carboxylic acids is 1. The molecule has 5 heteroatoms. The Labute approximate surface area is 124 Å². The third-order valence-corrected chi connectivity index (χ3v) is 3.71. The SMILES string of the molecule is CC(C)OCc1cccc(NC(=O)C2CCC2C(=O)O)c1. The molecule has 0 aromatic heterocycles. The Bertz CT molecular complexity index is 527. The van der Waals surface area contributed by atoms with E-state index in [1.54, 1.807) is 6.07 Å². The van der Waals surface area contributed by atoms with Crippen molar-refractivity contribution in [2.45, 2.75) is 39.4 Å². The second kappa shape index (κ2) is 6.72. The number of carboxylic acids is 1. The van der Waals surface area contributed by atoms with Crippen molar-refractivity contribution < 1.29 is 19.4 Å². The third kappa shape index (κ3) is 4.04. The minimum atomic E-state index is -0.888. The highest BCUT2D eigenvalue weighted by Crippen LogP contribution is 2.35. The topological polar surface area (TPSA) is 75.6 Å². The maximum Gasteiger partial charge on any atom is 0.307 e. The molecule has 1 amide bonds. The van der Waals surface area contributed by atoms with Gasteiger partial charge in [0.1, 0.15) is 0 Å². The Kier molecular flexibility index (Phi) is 4.96. The Morgan fingerprint density at radius 3 is 2.62 bits per heavy atom. The van der Waals surface area contributed by atoms with Gasteiger partial charge in [-0.25, -0.2) is 0 Å². The van der Waals surface area contributed by atoms with Gasteiger partial charge >= 0.3 is 5.97 Å². The average molecular weight is 291 g/mol. The summed E-state index contributed by atoms with van der Waals surface area (Å²) in [5.74, 6) is -2.06. The standard InChI is InChI=1S/C16H21NO4/c1-10(2)21-9-11-4-3-5-12(8-11)17-15(18)13-6-7-14(13)16(19)20/h3-5,8,10,13-14H,6-7,9H2,1-2H3,(H,17,18)(H,19,20). The van der Waals surface area contributed by atoms with Gasteiger partial charge in [-0.15, -0.1) is 0 Å². The van der Waals surface area contributed by atoms with Gasteiger partial charge in [-0.1, -0.05) is 12.1 Å². The van der Waals surface area contributed by atoms with Crippen molar-refractivity contribution in [1.82, 2.24) is 0 Å². The van der Waals surface area contributed by atoms with E-state index in [1.165, 1.54) is 0 Å². The molecule has 114 valence electrons. The van der Waals surface area contributed by atoms with E-state index in [4.69, 9.17) is 9.84 Å². The minimum absolute atomic E-state index is 0.148. The number of benzene rings is 1. The molecule has 1 aromatic carbocycles. The summed E-state index contributed by atoms with van der Waals surface area (Å²) in [7, 11) is 0. The molecule has 5 nitrogen and oxygen atoms in total. The summed E-state index contributed by atoms with van der Waals surface area (Å²) in [5, 5.41) is 11.8. The largest absolute Gasteiger partial charge is 0.481 e. The summed E-state index contributed by atoms with van der Waals surface area (Å²) in [6, 6.07) is 7.44. The van der Waals surface area contributed by atoms with Crippen molar-refractivity contribution in [3.8, 4) is 0 Å². The van der Waals surface area contributed by atoms with E-state index >= 15 is 0 Å². The second-order valence-electron chi connectivity index (χ2n) is 5.68. The normalized spacial score (nSPS) is 20.9. The van der Waals surface area contributed by atoms with E-state index < -0.39 is 17.8 Å². The van der Waals surface area contributed by atoms with Gasteiger partial charge in [-0.3, -0.25) is 9.59 Å². The highest BCUT2D eigenvalue weighted by atomic mass is 16.5. The number of carbonyl (C=O) groups is 2. The molecule has 0 heterocycles. The zero-order valence-corrected chi connectivity index (χ0v) is 12.3. The molecular formula is C16H21NO4. The van der Waals surface area contributed by atoms with Crippen molar-refractivity contribution in [3.05, 3.63) is 29.8 Å². The number of amides is 1. The first-order chi connectivity index (χ1) is 9.97. The van der Waals surface area contributed by atoms with Crippen LogP contribution in [0.4, 0.5) is 5.69 Å². The van der Waals surface area contributed by atoms with E-state index in [0.717, 1.165) is 5.56 Å². The van der Waals surface area contributed by atoms with Crippen molar-refractivity contribution in [2.75, 3.05) is 5.32 Å². The molecule has 1 saturated carbocycles. The molecule has 21 heavy (non-hydrogen) atoms. The molecule has 2 N–H and O–H groups in total. The molecule has 0 bridgehead atoms. The molecule has 2 unspecified atom stereocenters. The monoisotopic (exact) mass is 291 g/mol. The van der Waals surface area contributed by atoms with Gasteiger partial charge in [0.05, 0.1) is 24.5 Å². The Hall–Kier alpha value is -1.88. The predicted molar refractivity (Wildman–Crippen MR) is 78.8 cm³/mol. The van der Waals surface area contributed by atoms with E-state index in [2.05, 4.69) is 5.32 Å². The number of rotatable bonds is 6.